The molecule has 0 saturated carbocycles. The summed E-state index contributed by atoms with van der Waals surface area (Å²) < 4.78 is 5.85. The molecule has 0 aliphatic carbocycles. The van der Waals surface area contributed by atoms with Crippen molar-refractivity contribution in [3.8, 4) is 0 Å². The number of hydrogen-bond donors (Lipinski definition) is 0. The third kappa shape index (κ3) is 4.40. The lowest BCUT2D eigenvalue weighted by molar-refractivity contribution is 0.0873. The van der Waals surface area contributed by atoms with Crippen LogP contribution in [-0.2, 0) is 13.0 Å². The normalized spacial score (nSPS) is 18.6. The van der Waals surface area contributed by atoms with Gasteiger partial charge in [-0.15, -0.1) is 21.5 Å². The van der Waals surface area contributed by atoms with Crippen molar-refractivity contribution in [1.29, 1.82) is 0 Å². The van der Waals surface area contributed by atoms with Gasteiger partial charge in [-0.2, -0.15) is 0 Å². The zero-order valence-corrected chi connectivity index (χ0v) is 15.1. The molecule has 1 saturated heterocycles. The maximum absolute atomic E-state index is 5.85. The summed E-state index contributed by atoms with van der Waals surface area (Å²) >= 11 is 1.84. The smallest absolute Gasteiger partial charge is 0.233 e. The Bertz CT molecular complexity index is 588. The molecule has 1 aliphatic heterocycles. The molecule has 3 heterocycles. The van der Waals surface area contributed by atoms with E-state index in [2.05, 4.69) is 58.3 Å². The summed E-state index contributed by atoms with van der Waals surface area (Å²) in [6, 6.07) is 4.55. The van der Waals surface area contributed by atoms with Gasteiger partial charge in [-0.25, -0.2) is 0 Å². The molecule has 3 rings (SSSR count). The van der Waals surface area contributed by atoms with E-state index < -0.39 is 0 Å². The molecule has 1 fully saturated rings. The van der Waals surface area contributed by atoms with Crippen LogP contribution in [0, 0.1) is 5.92 Å². The Morgan fingerprint density at radius 2 is 1.96 bits per heavy atom. The molecule has 1 aliphatic rings. The molecule has 6 heteroatoms. The number of hydrogen-bond acceptors (Lipinski definition) is 6. The van der Waals surface area contributed by atoms with Gasteiger partial charge in [0.15, 0.2) is 0 Å². The molecule has 5 nitrogen and oxygen atoms in total. The minimum atomic E-state index is 0.201. The average molecular weight is 334 g/mol. The predicted molar refractivity (Wildman–Crippen MR) is 92.4 cm³/mol. The summed E-state index contributed by atoms with van der Waals surface area (Å²) in [4.78, 5) is 6.41. The first-order valence-corrected chi connectivity index (χ1v) is 9.31. The highest BCUT2D eigenvalue weighted by Gasteiger charge is 2.25. The molecule has 23 heavy (non-hydrogen) atoms. The van der Waals surface area contributed by atoms with E-state index >= 15 is 0 Å². The number of nitrogens with zero attached hydrogens (tertiary/aromatic N) is 4. The molecular formula is C17H26N4OS. The Balaban J connectivity index is 1.51. The molecule has 0 spiro atoms. The Kier molecular flexibility index (Phi) is 5.46. The monoisotopic (exact) mass is 334 g/mol. The largest absolute Gasteiger partial charge is 0.424 e. The summed E-state index contributed by atoms with van der Waals surface area (Å²) in [6.07, 6.45) is 0.855. The standard InChI is InChI=1S/C17H26N4OS/c1-13(2)11-16-18-19-17(22-16)14(3)21-8-6-20(7-9-21)12-15-5-4-10-23-15/h4-5,10,13-14H,6-9,11-12H2,1-3H3/t14-/m0/s1. The molecule has 1 atom stereocenters. The van der Waals surface area contributed by atoms with Crippen molar-refractivity contribution >= 4 is 11.3 Å². The first-order chi connectivity index (χ1) is 11.1. The highest BCUT2D eigenvalue weighted by Crippen LogP contribution is 2.22. The fraction of sp³-hybridized carbons (Fsp3) is 0.647. The lowest BCUT2D eigenvalue weighted by atomic mass is 10.1. The Labute approximate surface area is 142 Å². The highest BCUT2D eigenvalue weighted by atomic mass is 32.1. The summed E-state index contributed by atoms with van der Waals surface area (Å²) in [7, 11) is 0. The Morgan fingerprint density at radius 1 is 1.17 bits per heavy atom. The van der Waals surface area contributed by atoms with Gasteiger partial charge in [-0.3, -0.25) is 9.80 Å². The van der Waals surface area contributed by atoms with Crippen LogP contribution in [-0.4, -0.2) is 46.2 Å². The molecule has 0 aromatic carbocycles. The van der Waals surface area contributed by atoms with Crippen molar-refractivity contribution in [2.75, 3.05) is 26.2 Å². The van der Waals surface area contributed by atoms with E-state index in [1.807, 2.05) is 11.3 Å². The summed E-state index contributed by atoms with van der Waals surface area (Å²) in [5.74, 6) is 2.06. The Morgan fingerprint density at radius 3 is 2.61 bits per heavy atom. The van der Waals surface area contributed by atoms with Crippen molar-refractivity contribution in [2.24, 2.45) is 5.92 Å². The second-order valence-corrected chi connectivity index (χ2v) is 7.73. The molecule has 0 N–H and O–H groups in total. The van der Waals surface area contributed by atoms with Crippen molar-refractivity contribution in [1.82, 2.24) is 20.0 Å². The van der Waals surface area contributed by atoms with Gasteiger partial charge in [0.1, 0.15) is 0 Å². The number of rotatable bonds is 6. The number of piperazine rings is 1. The van der Waals surface area contributed by atoms with Crippen molar-refractivity contribution in [3.05, 3.63) is 34.2 Å². The number of thiophene rings is 1. The van der Waals surface area contributed by atoms with Gasteiger partial charge in [0, 0.05) is 44.0 Å². The van der Waals surface area contributed by atoms with Gasteiger partial charge in [0.05, 0.1) is 6.04 Å². The van der Waals surface area contributed by atoms with Crippen LogP contribution < -0.4 is 0 Å². The fourth-order valence-electron chi connectivity index (χ4n) is 2.96. The molecule has 2 aromatic rings. The third-order valence-electron chi connectivity index (χ3n) is 4.34. The van der Waals surface area contributed by atoms with Gasteiger partial charge in [0.25, 0.3) is 0 Å². The van der Waals surface area contributed by atoms with Crippen LogP contribution in [0.4, 0.5) is 0 Å². The van der Waals surface area contributed by atoms with E-state index in [-0.39, 0.29) is 6.04 Å². The van der Waals surface area contributed by atoms with E-state index in [4.69, 9.17) is 4.42 Å². The van der Waals surface area contributed by atoms with Gasteiger partial charge in [-0.05, 0) is 24.3 Å². The van der Waals surface area contributed by atoms with Crippen LogP contribution >= 0.6 is 11.3 Å². The SMILES string of the molecule is CC(C)Cc1nnc([C@H](C)N2CCN(Cc3cccs3)CC2)o1. The van der Waals surface area contributed by atoms with Gasteiger partial charge in [-0.1, -0.05) is 19.9 Å². The maximum atomic E-state index is 5.85. The van der Waals surface area contributed by atoms with E-state index in [1.54, 1.807) is 0 Å². The molecule has 126 valence electrons. The topological polar surface area (TPSA) is 45.4 Å². The first kappa shape index (κ1) is 16.6. The minimum Gasteiger partial charge on any atom is -0.424 e. The first-order valence-electron chi connectivity index (χ1n) is 8.43. The fourth-order valence-corrected chi connectivity index (χ4v) is 3.70. The highest BCUT2D eigenvalue weighted by molar-refractivity contribution is 7.09. The summed E-state index contributed by atoms with van der Waals surface area (Å²) in [5.41, 5.74) is 0. The molecule has 0 radical (unpaired) electrons. The van der Waals surface area contributed by atoms with Gasteiger partial charge >= 0.3 is 0 Å². The third-order valence-corrected chi connectivity index (χ3v) is 5.20. The zero-order chi connectivity index (χ0) is 16.2. The van der Waals surface area contributed by atoms with Gasteiger partial charge < -0.3 is 4.42 Å². The van der Waals surface area contributed by atoms with Crippen LogP contribution in [0.2, 0.25) is 0 Å². The van der Waals surface area contributed by atoms with Crippen molar-refractivity contribution < 1.29 is 4.42 Å². The number of aromatic nitrogens is 2. The average Bonchev–Trinajstić information content (AvgIpc) is 3.19. The molecular weight excluding hydrogens is 308 g/mol. The Hall–Kier alpha value is -1.24. The van der Waals surface area contributed by atoms with E-state index in [9.17, 15) is 0 Å². The van der Waals surface area contributed by atoms with E-state index in [1.165, 1.54) is 4.88 Å². The lowest BCUT2D eigenvalue weighted by Gasteiger charge is -2.36. The van der Waals surface area contributed by atoms with Crippen LogP contribution in [0.3, 0.4) is 0 Å². The summed E-state index contributed by atoms with van der Waals surface area (Å²) in [6.45, 7) is 11.9. The van der Waals surface area contributed by atoms with Crippen LogP contribution in [0.5, 0.6) is 0 Å². The van der Waals surface area contributed by atoms with Crippen LogP contribution in [0.25, 0.3) is 0 Å². The van der Waals surface area contributed by atoms with E-state index in [0.29, 0.717) is 5.92 Å². The summed E-state index contributed by atoms with van der Waals surface area (Å²) in [5, 5.41) is 10.6. The minimum absolute atomic E-state index is 0.201. The predicted octanol–water partition coefficient (Wildman–Crippen LogP) is 3.21. The van der Waals surface area contributed by atoms with Crippen LogP contribution in [0.1, 0.15) is 43.5 Å². The lowest BCUT2D eigenvalue weighted by Crippen LogP contribution is -2.46. The molecule has 0 unspecified atom stereocenters. The molecule has 0 bridgehead atoms. The van der Waals surface area contributed by atoms with Crippen LogP contribution in [0.15, 0.2) is 21.9 Å². The maximum Gasteiger partial charge on any atom is 0.233 e. The second kappa shape index (κ2) is 7.55. The molecule has 0 amide bonds. The van der Waals surface area contributed by atoms with E-state index in [0.717, 1.165) is 50.9 Å². The second-order valence-electron chi connectivity index (χ2n) is 6.70. The van der Waals surface area contributed by atoms with Crippen molar-refractivity contribution in [3.63, 3.8) is 0 Å². The van der Waals surface area contributed by atoms with Crippen molar-refractivity contribution in [2.45, 2.75) is 39.8 Å². The quantitative estimate of drug-likeness (QED) is 0.812. The van der Waals surface area contributed by atoms with Gasteiger partial charge in [0.2, 0.25) is 11.8 Å². The molecule has 2 aromatic heterocycles. The zero-order valence-electron chi connectivity index (χ0n) is 14.2.